The van der Waals surface area contributed by atoms with Crippen molar-refractivity contribution >= 4 is 11.3 Å². The van der Waals surface area contributed by atoms with E-state index in [4.69, 9.17) is 0 Å². The largest absolute Gasteiger partial charge is 0.298 e. The van der Waals surface area contributed by atoms with Crippen molar-refractivity contribution in [2.45, 2.75) is 19.5 Å². The van der Waals surface area contributed by atoms with E-state index in [9.17, 15) is 4.39 Å². The highest BCUT2D eigenvalue weighted by atomic mass is 32.1. The van der Waals surface area contributed by atoms with Crippen molar-refractivity contribution in [3.63, 3.8) is 0 Å². The van der Waals surface area contributed by atoms with Crippen LogP contribution in [0.4, 0.5) is 4.39 Å². The average Bonchev–Trinajstić information content (AvgIpc) is 2.89. The van der Waals surface area contributed by atoms with Crippen molar-refractivity contribution in [1.82, 2.24) is 19.8 Å². The summed E-state index contributed by atoms with van der Waals surface area (Å²) in [5.74, 6) is -0.207. The number of rotatable bonds is 4. The van der Waals surface area contributed by atoms with Gasteiger partial charge in [0.1, 0.15) is 5.82 Å². The number of pyridine rings is 1. The maximum atomic E-state index is 13.7. The molecule has 0 N–H and O–H groups in total. The fraction of sp³-hybridized carbons (Fsp3) is 0.467. The van der Waals surface area contributed by atoms with E-state index in [1.807, 2.05) is 5.51 Å². The maximum Gasteiger partial charge on any atom is 0.145 e. The summed E-state index contributed by atoms with van der Waals surface area (Å²) in [6.45, 7) is 5.64. The van der Waals surface area contributed by atoms with Gasteiger partial charge < -0.3 is 0 Å². The van der Waals surface area contributed by atoms with Crippen molar-refractivity contribution in [2.75, 3.05) is 26.2 Å². The zero-order chi connectivity index (χ0) is 14.5. The summed E-state index contributed by atoms with van der Waals surface area (Å²) in [6.07, 6.45) is 4.06. The van der Waals surface area contributed by atoms with E-state index >= 15 is 0 Å². The van der Waals surface area contributed by atoms with Crippen LogP contribution >= 0.6 is 11.3 Å². The summed E-state index contributed by atoms with van der Waals surface area (Å²) in [5, 5.41) is 2.11. The number of thiazole rings is 1. The molecule has 0 aliphatic carbocycles. The molecule has 1 aliphatic heterocycles. The van der Waals surface area contributed by atoms with Gasteiger partial charge in [0.25, 0.3) is 0 Å². The molecule has 112 valence electrons. The Morgan fingerprint density at radius 1 is 1.14 bits per heavy atom. The van der Waals surface area contributed by atoms with Gasteiger partial charge in [-0.25, -0.2) is 9.37 Å². The van der Waals surface area contributed by atoms with Gasteiger partial charge in [-0.15, -0.1) is 11.3 Å². The van der Waals surface area contributed by atoms with Crippen LogP contribution in [0.5, 0.6) is 0 Å². The van der Waals surface area contributed by atoms with Crippen molar-refractivity contribution in [2.24, 2.45) is 0 Å². The van der Waals surface area contributed by atoms with Gasteiger partial charge in [0.05, 0.1) is 17.4 Å². The summed E-state index contributed by atoms with van der Waals surface area (Å²) >= 11 is 1.64. The van der Waals surface area contributed by atoms with Gasteiger partial charge in [-0.05, 0) is 25.6 Å². The Bertz CT molecular complexity index is 561. The van der Waals surface area contributed by atoms with E-state index in [2.05, 4.69) is 25.1 Å². The molecule has 0 bridgehead atoms. The molecule has 2 aromatic rings. The molecule has 1 fully saturated rings. The minimum Gasteiger partial charge on any atom is -0.298 e. The van der Waals surface area contributed by atoms with Gasteiger partial charge in [0.15, 0.2) is 0 Å². The second-order valence-corrected chi connectivity index (χ2v) is 6.07. The molecule has 0 radical (unpaired) electrons. The summed E-state index contributed by atoms with van der Waals surface area (Å²) in [6, 6.07) is 1.77. The molecular weight excluding hydrogens is 287 g/mol. The monoisotopic (exact) mass is 306 g/mol. The highest BCUT2D eigenvalue weighted by molar-refractivity contribution is 7.07. The summed E-state index contributed by atoms with van der Waals surface area (Å²) in [7, 11) is 0. The Morgan fingerprint density at radius 3 is 2.67 bits per heavy atom. The van der Waals surface area contributed by atoms with Crippen LogP contribution in [0, 0.1) is 5.82 Å². The van der Waals surface area contributed by atoms with Crippen LogP contribution in [0.2, 0.25) is 0 Å². The Hall–Kier alpha value is -1.37. The smallest absolute Gasteiger partial charge is 0.145 e. The first-order valence-electron chi connectivity index (χ1n) is 7.21. The Morgan fingerprint density at radius 2 is 1.95 bits per heavy atom. The van der Waals surface area contributed by atoms with E-state index < -0.39 is 0 Å². The topological polar surface area (TPSA) is 32.3 Å². The predicted molar refractivity (Wildman–Crippen MR) is 81.5 cm³/mol. The predicted octanol–water partition coefficient (Wildman–Crippen LogP) is 2.39. The Kier molecular flexibility index (Phi) is 4.90. The molecule has 1 aliphatic rings. The zero-order valence-electron chi connectivity index (χ0n) is 11.9. The molecule has 21 heavy (non-hydrogen) atoms. The molecule has 0 spiro atoms. The first-order valence-corrected chi connectivity index (χ1v) is 8.16. The standard InChI is InChI=1S/C15H19FN4S/c16-15-8-17-3-2-13(15)9-19-4-1-5-20(7-6-19)10-14-11-21-12-18-14/h2-3,8,11-12H,1,4-7,9-10H2. The first kappa shape index (κ1) is 14.6. The van der Waals surface area contributed by atoms with Gasteiger partial charge in [-0.1, -0.05) is 0 Å². The average molecular weight is 306 g/mol. The number of aromatic nitrogens is 2. The maximum absolute atomic E-state index is 13.7. The minimum atomic E-state index is -0.207. The molecule has 0 aromatic carbocycles. The van der Waals surface area contributed by atoms with Crippen molar-refractivity contribution in [3.8, 4) is 0 Å². The van der Waals surface area contributed by atoms with Gasteiger partial charge in [0.2, 0.25) is 0 Å². The molecule has 1 saturated heterocycles. The third-order valence-corrected chi connectivity index (χ3v) is 4.44. The van der Waals surface area contributed by atoms with Gasteiger partial charge >= 0.3 is 0 Å². The highest BCUT2D eigenvalue weighted by Gasteiger charge is 2.16. The van der Waals surface area contributed by atoms with Gasteiger partial charge in [-0.2, -0.15) is 0 Å². The molecule has 3 heterocycles. The van der Waals surface area contributed by atoms with Crippen LogP contribution in [0.1, 0.15) is 17.7 Å². The highest BCUT2D eigenvalue weighted by Crippen LogP contribution is 2.13. The van der Waals surface area contributed by atoms with Crippen molar-refractivity contribution in [3.05, 3.63) is 46.4 Å². The lowest BCUT2D eigenvalue weighted by Crippen LogP contribution is -2.30. The Labute approximate surface area is 128 Å². The van der Waals surface area contributed by atoms with Crippen LogP contribution in [-0.2, 0) is 13.1 Å². The number of hydrogen-bond acceptors (Lipinski definition) is 5. The van der Waals surface area contributed by atoms with Crippen LogP contribution in [0.25, 0.3) is 0 Å². The van der Waals surface area contributed by atoms with Crippen molar-refractivity contribution < 1.29 is 4.39 Å². The minimum absolute atomic E-state index is 0.207. The SMILES string of the molecule is Fc1cnccc1CN1CCCN(Cc2cscn2)CC1. The molecule has 0 saturated carbocycles. The second-order valence-electron chi connectivity index (χ2n) is 5.35. The third-order valence-electron chi connectivity index (χ3n) is 3.80. The first-order chi connectivity index (χ1) is 10.3. The molecule has 4 nitrogen and oxygen atoms in total. The number of hydrogen-bond donors (Lipinski definition) is 0. The summed E-state index contributed by atoms with van der Waals surface area (Å²) < 4.78 is 13.7. The van der Waals surface area contributed by atoms with Gasteiger partial charge in [-0.3, -0.25) is 14.8 Å². The zero-order valence-corrected chi connectivity index (χ0v) is 12.7. The van der Waals surface area contributed by atoms with E-state index in [1.165, 1.54) is 6.20 Å². The number of halogens is 1. The van der Waals surface area contributed by atoms with E-state index in [1.54, 1.807) is 23.6 Å². The molecule has 2 aromatic heterocycles. The van der Waals surface area contributed by atoms with Crippen LogP contribution in [-0.4, -0.2) is 45.9 Å². The molecule has 0 unspecified atom stereocenters. The fourth-order valence-corrected chi connectivity index (χ4v) is 3.21. The summed E-state index contributed by atoms with van der Waals surface area (Å²) in [4.78, 5) is 12.9. The molecule has 6 heteroatoms. The molecule has 3 rings (SSSR count). The second kappa shape index (κ2) is 7.06. The van der Waals surface area contributed by atoms with E-state index in [0.717, 1.165) is 50.4 Å². The number of nitrogens with zero attached hydrogens (tertiary/aromatic N) is 4. The lowest BCUT2D eigenvalue weighted by Gasteiger charge is -2.21. The van der Waals surface area contributed by atoms with Crippen LogP contribution < -0.4 is 0 Å². The molecular formula is C15H19FN4S. The molecule has 0 amide bonds. The van der Waals surface area contributed by atoms with Crippen LogP contribution in [0.15, 0.2) is 29.4 Å². The van der Waals surface area contributed by atoms with Crippen LogP contribution in [0.3, 0.4) is 0 Å². The normalized spacial score (nSPS) is 17.8. The quantitative estimate of drug-likeness (QED) is 0.868. The van der Waals surface area contributed by atoms with E-state index in [-0.39, 0.29) is 5.82 Å². The van der Waals surface area contributed by atoms with Gasteiger partial charge in [0, 0.05) is 43.3 Å². The lowest BCUT2D eigenvalue weighted by molar-refractivity contribution is 0.244. The Balaban J connectivity index is 1.54. The van der Waals surface area contributed by atoms with Crippen molar-refractivity contribution in [1.29, 1.82) is 0 Å². The van der Waals surface area contributed by atoms with E-state index in [0.29, 0.717) is 6.54 Å². The fourth-order valence-electron chi connectivity index (χ4n) is 2.66. The molecule has 0 atom stereocenters. The third kappa shape index (κ3) is 4.06. The summed E-state index contributed by atoms with van der Waals surface area (Å²) in [5.41, 5.74) is 3.76. The lowest BCUT2D eigenvalue weighted by atomic mass is 10.2.